The first-order valence-electron chi connectivity index (χ1n) is 11.4. The summed E-state index contributed by atoms with van der Waals surface area (Å²) in [5, 5.41) is 11.5. The summed E-state index contributed by atoms with van der Waals surface area (Å²) in [6, 6.07) is 22.9. The van der Waals surface area contributed by atoms with Crippen molar-refractivity contribution in [3.05, 3.63) is 89.2 Å². The molecule has 34 heavy (non-hydrogen) atoms. The summed E-state index contributed by atoms with van der Waals surface area (Å²) in [4.78, 5) is 19.5. The number of aliphatic hydroxyl groups excluding tert-OH is 1. The Balaban J connectivity index is 1.38. The van der Waals surface area contributed by atoms with E-state index < -0.39 is 6.10 Å². The van der Waals surface area contributed by atoms with Gasteiger partial charge in [0.25, 0.3) is 0 Å². The van der Waals surface area contributed by atoms with E-state index in [9.17, 15) is 9.90 Å². The number of aryl methyl sites for hydroxylation is 1. The van der Waals surface area contributed by atoms with Crippen molar-refractivity contribution in [2.75, 3.05) is 18.1 Å². The number of rotatable bonds is 7. The number of anilines is 1. The lowest BCUT2D eigenvalue weighted by molar-refractivity contribution is -0.117. The Morgan fingerprint density at radius 3 is 2.62 bits per heavy atom. The maximum Gasteiger partial charge on any atom is 0.227 e. The lowest BCUT2D eigenvalue weighted by atomic mass is 10.1. The van der Waals surface area contributed by atoms with Crippen LogP contribution in [0.25, 0.3) is 11.0 Å². The first-order chi connectivity index (χ1) is 16.5. The lowest BCUT2D eigenvalue weighted by Gasteiger charge is -2.19. The second-order valence-electron chi connectivity index (χ2n) is 8.68. The highest BCUT2D eigenvalue weighted by Crippen LogP contribution is 2.33. The second kappa shape index (κ2) is 9.49. The van der Waals surface area contributed by atoms with E-state index >= 15 is 0 Å². The van der Waals surface area contributed by atoms with Gasteiger partial charge in [0, 0.05) is 29.6 Å². The maximum absolute atomic E-state index is 12.9. The minimum Gasteiger partial charge on any atom is -0.491 e. The monoisotopic (exact) mass is 475 g/mol. The lowest BCUT2D eigenvalue weighted by Crippen LogP contribution is -2.26. The highest BCUT2D eigenvalue weighted by Gasteiger charge is 2.35. The Kier molecular flexibility index (Phi) is 6.26. The average molecular weight is 476 g/mol. The van der Waals surface area contributed by atoms with E-state index in [4.69, 9.17) is 21.3 Å². The van der Waals surface area contributed by atoms with Crippen LogP contribution in [0.15, 0.2) is 72.8 Å². The molecule has 1 saturated heterocycles. The molecule has 2 atom stereocenters. The highest BCUT2D eigenvalue weighted by atomic mass is 35.5. The van der Waals surface area contributed by atoms with Crippen LogP contribution < -0.4 is 9.64 Å². The molecular weight excluding hydrogens is 450 g/mol. The van der Waals surface area contributed by atoms with Crippen molar-refractivity contribution < 1.29 is 14.6 Å². The van der Waals surface area contributed by atoms with Gasteiger partial charge in [-0.2, -0.15) is 0 Å². The Hall–Kier alpha value is -3.35. The SMILES string of the molecule is Cc1ccccc1OCC(O)Cn1c(C2CC(=O)N(c3ccc(Cl)cc3)C2)nc2ccccc21. The van der Waals surface area contributed by atoms with Gasteiger partial charge in [-0.3, -0.25) is 4.79 Å². The molecule has 1 N–H and O–H groups in total. The highest BCUT2D eigenvalue weighted by molar-refractivity contribution is 6.30. The van der Waals surface area contributed by atoms with E-state index in [1.165, 1.54) is 0 Å². The standard InChI is InChI=1S/C27H26ClN3O3/c1-18-6-2-5-9-25(18)34-17-22(32)16-31-24-8-4-3-7-23(24)29-27(31)19-14-26(33)30(15-19)21-12-10-20(28)11-13-21/h2-13,19,22,32H,14-17H2,1H3. The van der Waals surface area contributed by atoms with E-state index in [0.29, 0.717) is 24.5 Å². The summed E-state index contributed by atoms with van der Waals surface area (Å²) < 4.78 is 7.90. The molecule has 6 nitrogen and oxygen atoms in total. The fourth-order valence-electron chi connectivity index (χ4n) is 4.52. The maximum atomic E-state index is 12.9. The van der Waals surface area contributed by atoms with Crippen LogP contribution in [0.3, 0.4) is 0 Å². The number of carbonyl (C=O) groups is 1. The summed E-state index contributed by atoms with van der Waals surface area (Å²) in [5.41, 5.74) is 3.63. The molecule has 3 aromatic carbocycles. The fraction of sp³-hybridized carbons (Fsp3) is 0.259. The van der Waals surface area contributed by atoms with E-state index in [1.807, 2.05) is 72.2 Å². The van der Waals surface area contributed by atoms with Gasteiger partial charge in [-0.1, -0.05) is 41.9 Å². The Morgan fingerprint density at radius 2 is 1.82 bits per heavy atom. The van der Waals surface area contributed by atoms with Crippen molar-refractivity contribution in [3.8, 4) is 5.75 Å². The summed E-state index contributed by atoms with van der Waals surface area (Å²) in [7, 11) is 0. The van der Waals surface area contributed by atoms with Crippen LogP contribution in [0.5, 0.6) is 5.75 Å². The number of aromatic nitrogens is 2. The minimum atomic E-state index is -0.736. The molecule has 0 saturated carbocycles. The van der Waals surface area contributed by atoms with Gasteiger partial charge in [-0.05, 0) is 55.0 Å². The summed E-state index contributed by atoms with van der Waals surface area (Å²) in [5.74, 6) is 1.53. The number of hydrogen-bond donors (Lipinski definition) is 1. The molecule has 5 rings (SSSR count). The van der Waals surface area contributed by atoms with E-state index in [2.05, 4.69) is 0 Å². The molecule has 0 aliphatic carbocycles. The molecule has 1 aliphatic heterocycles. The van der Waals surface area contributed by atoms with Crippen LogP contribution in [0.2, 0.25) is 5.02 Å². The van der Waals surface area contributed by atoms with Crippen molar-refractivity contribution >= 4 is 34.2 Å². The Bertz CT molecular complexity index is 1320. The molecule has 1 aliphatic rings. The number of nitrogens with zero attached hydrogens (tertiary/aromatic N) is 3. The second-order valence-corrected chi connectivity index (χ2v) is 9.12. The van der Waals surface area contributed by atoms with Crippen LogP contribution in [0.4, 0.5) is 5.69 Å². The molecule has 2 unspecified atom stereocenters. The van der Waals surface area contributed by atoms with Crippen molar-refractivity contribution in [2.45, 2.75) is 31.9 Å². The molecule has 4 aromatic rings. The van der Waals surface area contributed by atoms with Crippen molar-refractivity contribution in [2.24, 2.45) is 0 Å². The largest absolute Gasteiger partial charge is 0.491 e. The number of amides is 1. The number of carbonyl (C=O) groups excluding carboxylic acids is 1. The normalized spacial score (nSPS) is 16.9. The van der Waals surface area contributed by atoms with Crippen LogP contribution in [-0.2, 0) is 11.3 Å². The van der Waals surface area contributed by atoms with E-state index in [-0.39, 0.29) is 18.4 Å². The number of ether oxygens (including phenoxy) is 1. The van der Waals surface area contributed by atoms with Crippen LogP contribution in [-0.4, -0.2) is 39.8 Å². The van der Waals surface area contributed by atoms with Gasteiger partial charge in [0.2, 0.25) is 5.91 Å². The molecule has 0 bridgehead atoms. The van der Waals surface area contributed by atoms with Gasteiger partial charge in [-0.25, -0.2) is 4.98 Å². The first-order valence-corrected chi connectivity index (χ1v) is 11.7. The molecule has 1 amide bonds. The zero-order valence-electron chi connectivity index (χ0n) is 18.9. The van der Waals surface area contributed by atoms with E-state index in [1.54, 1.807) is 17.0 Å². The molecule has 0 radical (unpaired) electrons. The van der Waals surface area contributed by atoms with Crippen LogP contribution in [0, 0.1) is 6.92 Å². The molecule has 2 heterocycles. The number of hydrogen-bond acceptors (Lipinski definition) is 4. The Morgan fingerprint density at radius 1 is 1.09 bits per heavy atom. The number of benzene rings is 3. The van der Waals surface area contributed by atoms with Crippen molar-refractivity contribution in [1.29, 1.82) is 0 Å². The van der Waals surface area contributed by atoms with Gasteiger partial charge in [0.05, 0.1) is 17.6 Å². The van der Waals surface area contributed by atoms with Crippen molar-refractivity contribution in [3.63, 3.8) is 0 Å². The predicted molar refractivity (Wildman–Crippen MR) is 134 cm³/mol. The summed E-state index contributed by atoms with van der Waals surface area (Å²) in [6.45, 7) is 3.00. The molecule has 0 spiro atoms. The van der Waals surface area contributed by atoms with Gasteiger partial charge < -0.3 is 19.3 Å². The topological polar surface area (TPSA) is 67.6 Å². The fourth-order valence-corrected chi connectivity index (χ4v) is 4.64. The van der Waals surface area contributed by atoms with Gasteiger partial charge in [0.15, 0.2) is 0 Å². The summed E-state index contributed by atoms with van der Waals surface area (Å²) in [6.07, 6.45) is -0.373. The molecule has 1 aromatic heterocycles. The number of para-hydroxylation sites is 3. The average Bonchev–Trinajstić information content (AvgIpc) is 3.40. The third-order valence-corrected chi connectivity index (χ3v) is 6.48. The summed E-state index contributed by atoms with van der Waals surface area (Å²) >= 11 is 6.02. The van der Waals surface area contributed by atoms with Gasteiger partial charge in [-0.15, -0.1) is 0 Å². The number of aliphatic hydroxyl groups is 1. The Labute approximate surface area is 203 Å². The van der Waals surface area contributed by atoms with Crippen LogP contribution >= 0.6 is 11.6 Å². The quantitative estimate of drug-likeness (QED) is 0.410. The number of halogens is 1. The number of imidazole rings is 1. The van der Waals surface area contributed by atoms with Gasteiger partial charge in [0.1, 0.15) is 24.3 Å². The van der Waals surface area contributed by atoms with Crippen LogP contribution in [0.1, 0.15) is 23.7 Å². The zero-order valence-corrected chi connectivity index (χ0v) is 19.7. The van der Waals surface area contributed by atoms with E-state index in [0.717, 1.165) is 33.9 Å². The van der Waals surface area contributed by atoms with Crippen molar-refractivity contribution in [1.82, 2.24) is 9.55 Å². The zero-order chi connectivity index (χ0) is 23.7. The van der Waals surface area contributed by atoms with Gasteiger partial charge >= 0.3 is 0 Å². The predicted octanol–water partition coefficient (Wildman–Crippen LogP) is 4.96. The molecular formula is C27H26ClN3O3. The number of fused-ring (bicyclic) bond motifs is 1. The third-order valence-electron chi connectivity index (χ3n) is 6.23. The molecule has 1 fully saturated rings. The first kappa shape index (κ1) is 22.4. The molecule has 7 heteroatoms. The smallest absolute Gasteiger partial charge is 0.227 e. The minimum absolute atomic E-state index is 0.0503. The third kappa shape index (κ3) is 4.52. The molecule has 174 valence electrons.